The highest BCUT2D eigenvalue weighted by atomic mass is 32.1. The Morgan fingerprint density at radius 1 is 1.27 bits per heavy atom. The second-order valence-corrected chi connectivity index (χ2v) is 8.02. The lowest BCUT2D eigenvalue weighted by Gasteiger charge is -2.22. The minimum Gasteiger partial charge on any atom is -0.337 e. The number of aryl methyl sites for hydroxylation is 2. The number of aromatic nitrogens is 3. The monoisotopic (exact) mass is 368 g/mol. The largest absolute Gasteiger partial charge is 0.337 e. The smallest absolute Gasteiger partial charge is 0.271 e. The molecule has 3 heterocycles. The molecule has 1 aliphatic heterocycles. The van der Waals surface area contributed by atoms with Gasteiger partial charge in [0.15, 0.2) is 5.82 Å². The summed E-state index contributed by atoms with van der Waals surface area (Å²) in [5, 5.41) is 4.96. The molecule has 0 saturated heterocycles. The normalized spacial score (nSPS) is 16.3. The van der Waals surface area contributed by atoms with Crippen molar-refractivity contribution >= 4 is 22.9 Å². The van der Waals surface area contributed by atoms with Gasteiger partial charge in [-0.25, -0.2) is 4.98 Å². The first kappa shape index (κ1) is 16.9. The minimum absolute atomic E-state index is 0.0626. The van der Waals surface area contributed by atoms with Crippen LogP contribution in [0.4, 0.5) is 5.69 Å². The standard InChI is InChI=1S/C19H20N4O2S/c1-10(2)17-21-18(25-22-17)15-9-13-7-5-6-8-14(13)23(15)19(24)16-11(3)20-12(4)26-16/h5-8,10,15H,9H2,1-4H3. The number of hydrogen-bond donors (Lipinski definition) is 0. The third kappa shape index (κ3) is 2.72. The Hall–Kier alpha value is -2.54. The zero-order chi connectivity index (χ0) is 18.4. The van der Waals surface area contributed by atoms with E-state index in [4.69, 9.17) is 4.52 Å². The number of fused-ring (bicyclic) bond motifs is 1. The number of para-hydroxylation sites is 1. The summed E-state index contributed by atoms with van der Waals surface area (Å²) in [5.41, 5.74) is 2.76. The number of carbonyl (C=O) groups excluding carboxylic acids is 1. The van der Waals surface area contributed by atoms with Gasteiger partial charge >= 0.3 is 0 Å². The van der Waals surface area contributed by atoms with E-state index in [-0.39, 0.29) is 17.9 Å². The fourth-order valence-corrected chi connectivity index (χ4v) is 4.15. The lowest BCUT2D eigenvalue weighted by Crippen LogP contribution is -2.32. The number of benzene rings is 1. The molecule has 1 atom stereocenters. The van der Waals surface area contributed by atoms with E-state index in [0.29, 0.717) is 23.0 Å². The molecule has 1 amide bonds. The summed E-state index contributed by atoms with van der Waals surface area (Å²) in [4.78, 5) is 24.8. The summed E-state index contributed by atoms with van der Waals surface area (Å²) in [7, 11) is 0. The molecule has 1 aromatic carbocycles. The number of carbonyl (C=O) groups is 1. The zero-order valence-electron chi connectivity index (χ0n) is 15.2. The second kappa shape index (κ2) is 6.32. The van der Waals surface area contributed by atoms with Gasteiger partial charge in [-0.15, -0.1) is 11.3 Å². The summed E-state index contributed by atoms with van der Waals surface area (Å²) < 4.78 is 5.53. The molecular formula is C19H20N4O2S. The molecule has 0 fully saturated rings. The number of hydrogen-bond acceptors (Lipinski definition) is 6. The molecule has 3 aromatic rings. The molecule has 134 valence electrons. The number of anilines is 1. The summed E-state index contributed by atoms with van der Waals surface area (Å²) in [6, 6.07) is 7.65. The summed E-state index contributed by atoms with van der Waals surface area (Å²) in [6.45, 7) is 7.82. The first-order valence-electron chi connectivity index (χ1n) is 8.64. The number of rotatable bonds is 3. The third-order valence-electron chi connectivity index (χ3n) is 4.55. The van der Waals surface area contributed by atoms with Gasteiger partial charge in [-0.3, -0.25) is 9.69 Å². The molecule has 1 aliphatic rings. The molecule has 1 unspecified atom stereocenters. The van der Waals surface area contributed by atoms with Crippen molar-refractivity contribution in [3.05, 3.63) is 57.1 Å². The van der Waals surface area contributed by atoms with E-state index in [0.717, 1.165) is 22.0 Å². The Kier molecular flexibility index (Phi) is 4.11. The zero-order valence-corrected chi connectivity index (χ0v) is 16.0. The summed E-state index contributed by atoms with van der Waals surface area (Å²) in [6.07, 6.45) is 0.665. The van der Waals surface area contributed by atoms with Crippen molar-refractivity contribution in [1.29, 1.82) is 0 Å². The molecule has 4 rings (SSSR count). The maximum Gasteiger partial charge on any atom is 0.271 e. The van der Waals surface area contributed by atoms with Crippen LogP contribution in [0.2, 0.25) is 0 Å². The van der Waals surface area contributed by atoms with Crippen LogP contribution in [-0.2, 0) is 6.42 Å². The Bertz CT molecular complexity index is 976. The molecule has 0 bridgehead atoms. The molecule has 26 heavy (non-hydrogen) atoms. The van der Waals surface area contributed by atoms with Gasteiger partial charge in [-0.1, -0.05) is 37.2 Å². The molecule has 2 aromatic heterocycles. The van der Waals surface area contributed by atoms with Gasteiger partial charge in [0.25, 0.3) is 5.91 Å². The van der Waals surface area contributed by atoms with Crippen LogP contribution in [0, 0.1) is 13.8 Å². The van der Waals surface area contributed by atoms with E-state index in [1.54, 1.807) is 4.90 Å². The van der Waals surface area contributed by atoms with E-state index >= 15 is 0 Å². The Morgan fingerprint density at radius 3 is 2.69 bits per heavy atom. The van der Waals surface area contributed by atoms with E-state index in [9.17, 15) is 4.79 Å². The van der Waals surface area contributed by atoms with E-state index in [2.05, 4.69) is 15.1 Å². The van der Waals surface area contributed by atoms with Crippen molar-refractivity contribution in [3.63, 3.8) is 0 Å². The fourth-order valence-electron chi connectivity index (χ4n) is 3.29. The molecule has 0 radical (unpaired) electrons. The quantitative estimate of drug-likeness (QED) is 0.692. The molecular weight excluding hydrogens is 348 g/mol. The SMILES string of the molecule is Cc1nc(C)c(C(=O)N2c3ccccc3CC2c2nc(C(C)C)no2)s1. The maximum atomic E-state index is 13.4. The van der Waals surface area contributed by atoms with Crippen LogP contribution in [0.1, 0.15) is 63.5 Å². The molecule has 6 nitrogen and oxygen atoms in total. The van der Waals surface area contributed by atoms with E-state index in [1.807, 2.05) is 52.0 Å². The Labute approximate surface area is 155 Å². The van der Waals surface area contributed by atoms with Crippen molar-refractivity contribution in [2.24, 2.45) is 0 Å². The molecule has 0 spiro atoms. The third-order valence-corrected chi connectivity index (χ3v) is 5.61. The van der Waals surface area contributed by atoms with Gasteiger partial charge in [0.05, 0.1) is 10.7 Å². The molecule has 7 heteroatoms. The highest BCUT2D eigenvalue weighted by Gasteiger charge is 2.39. The van der Waals surface area contributed by atoms with Crippen LogP contribution in [-0.4, -0.2) is 21.0 Å². The van der Waals surface area contributed by atoms with Gasteiger partial charge in [-0.05, 0) is 25.5 Å². The first-order chi connectivity index (χ1) is 12.5. The van der Waals surface area contributed by atoms with Crippen LogP contribution in [0.3, 0.4) is 0 Å². The fraction of sp³-hybridized carbons (Fsp3) is 0.368. The van der Waals surface area contributed by atoms with Gasteiger partial charge in [-0.2, -0.15) is 4.98 Å². The van der Waals surface area contributed by atoms with E-state index < -0.39 is 0 Å². The van der Waals surface area contributed by atoms with Gasteiger partial charge in [0.2, 0.25) is 5.89 Å². The lowest BCUT2D eigenvalue weighted by molar-refractivity contribution is 0.0978. The molecule has 0 saturated carbocycles. The maximum absolute atomic E-state index is 13.4. The number of nitrogens with zero attached hydrogens (tertiary/aromatic N) is 4. The minimum atomic E-state index is -0.290. The van der Waals surface area contributed by atoms with Gasteiger partial charge in [0.1, 0.15) is 10.9 Å². The van der Waals surface area contributed by atoms with Crippen molar-refractivity contribution in [1.82, 2.24) is 15.1 Å². The van der Waals surface area contributed by atoms with Crippen LogP contribution in [0.5, 0.6) is 0 Å². The Balaban J connectivity index is 1.78. The average molecular weight is 368 g/mol. The topological polar surface area (TPSA) is 72.1 Å². The summed E-state index contributed by atoms with van der Waals surface area (Å²) >= 11 is 1.42. The summed E-state index contributed by atoms with van der Waals surface area (Å²) in [5.74, 6) is 1.25. The van der Waals surface area contributed by atoms with Crippen molar-refractivity contribution in [2.75, 3.05) is 4.90 Å². The molecule has 0 aliphatic carbocycles. The van der Waals surface area contributed by atoms with Crippen molar-refractivity contribution in [2.45, 2.75) is 46.1 Å². The van der Waals surface area contributed by atoms with Crippen LogP contribution in [0.25, 0.3) is 0 Å². The highest BCUT2D eigenvalue weighted by Crippen LogP contribution is 2.41. The van der Waals surface area contributed by atoms with Crippen LogP contribution >= 0.6 is 11.3 Å². The van der Waals surface area contributed by atoms with Crippen molar-refractivity contribution in [3.8, 4) is 0 Å². The molecule has 0 N–H and O–H groups in total. The predicted molar refractivity (Wildman–Crippen MR) is 99.7 cm³/mol. The predicted octanol–water partition coefficient (Wildman–Crippen LogP) is 4.21. The number of amides is 1. The van der Waals surface area contributed by atoms with Crippen molar-refractivity contribution < 1.29 is 9.32 Å². The highest BCUT2D eigenvalue weighted by molar-refractivity contribution is 7.13. The second-order valence-electron chi connectivity index (χ2n) is 6.82. The number of thiazole rings is 1. The van der Waals surface area contributed by atoms with Crippen LogP contribution in [0.15, 0.2) is 28.8 Å². The van der Waals surface area contributed by atoms with Gasteiger partial charge < -0.3 is 4.52 Å². The lowest BCUT2D eigenvalue weighted by atomic mass is 10.1. The van der Waals surface area contributed by atoms with Gasteiger partial charge in [0, 0.05) is 18.0 Å². The average Bonchev–Trinajstić information content (AvgIpc) is 3.30. The van der Waals surface area contributed by atoms with E-state index in [1.165, 1.54) is 11.3 Å². The van der Waals surface area contributed by atoms with Crippen LogP contribution < -0.4 is 4.90 Å². The Morgan fingerprint density at radius 2 is 2.04 bits per heavy atom. The first-order valence-corrected chi connectivity index (χ1v) is 9.46.